The molecule has 9 heteroatoms. The molecule has 2 amide bonds. The number of amides is 2. The smallest absolute Gasteiger partial charge is 0.265 e. The van der Waals surface area contributed by atoms with Gasteiger partial charge in [0.1, 0.15) is 12.4 Å². The summed E-state index contributed by atoms with van der Waals surface area (Å²) in [5.41, 5.74) is 2.12. The summed E-state index contributed by atoms with van der Waals surface area (Å²) in [5, 5.41) is 14.0. The summed E-state index contributed by atoms with van der Waals surface area (Å²) < 4.78 is 10.5. The molecule has 9 nitrogen and oxygen atoms in total. The molecule has 2 aromatic carbocycles. The zero-order chi connectivity index (χ0) is 27.5. The highest BCUT2D eigenvalue weighted by molar-refractivity contribution is 5.99. The van der Waals surface area contributed by atoms with E-state index in [-0.39, 0.29) is 12.3 Å². The van der Waals surface area contributed by atoms with Crippen LogP contribution in [-0.2, 0) is 27.2 Å². The second-order valence-corrected chi connectivity index (χ2v) is 9.65. The molecule has 1 aliphatic rings. The Morgan fingerprint density at radius 2 is 1.56 bits per heavy atom. The maximum absolute atomic E-state index is 13.6. The van der Waals surface area contributed by atoms with Gasteiger partial charge in [-0.3, -0.25) is 14.4 Å². The number of rotatable bonds is 13. The lowest BCUT2D eigenvalue weighted by atomic mass is 9.91. The Morgan fingerprint density at radius 1 is 0.923 bits per heavy atom. The SMILES string of the molecule is O=C(c1ncco1)[C@H](CCc1ccccc1)NC(=O)[C@H](CCCc1ccccc1)[C@H](O)C(=O)N1CCOCC1. The molecule has 0 saturated carbocycles. The third-order valence-electron chi connectivity index (χ3n) is 6.96. The van der Waals surface area contributed by atoms with Crippen LogP contribution in [0.1, 0.15) is 41.1 Å². The first-order chi connectivity index (χ1) is 19.0. The van der Waals surface area contributed by atoms with E-state index in [1.54, 1.807) is 0 Å². The third kappa shape index (κ3) is 8.08. The zero-order valence-corrected chi connectivity index (χ0v) is 21.9. The van der Waals surface area contributed by atoms with E-state index in [9.17, 15) is 19.5 Å². The Hall–Kier alpha value is -3.82. The number of ketones is 1. The second kappa shape index (κ2) is 14.4. The van der Waals surface area contributed by atoms with Gasteiger partial charge in [0.2, 0.25) is 11.7 Å². The molecule has 1 aromatic heterocycles. The van der Waals surface area contributed by atoms with E-state index in [4.69, 9.17) is 9.15 Å². The number of aliphatic hydroxyl groups is 1. The monoisotopic (exact) mass is 533 g/mol. The maximum Gasteiger partial charge on any atom is 0.265 e. The van der Waals surface area contributed by atoms with Gasteiger partial charge in [-0.1, -0.05) is 60.7 Å². The van der Waals surface area contributed by atoms with Crippen molar-refractivity contribution in [3.05, 3.63) is 90.1 Å². The molecular weight excluding hydrogens is 498 g/mol. The predicted molar refractivity (Wildman–Crippen MR) is 144 cm³/mol. The quantitative estimate of drug-likeness (QED) is 0.324. The number of aliphatic hydroxyl groups excluding tert-OH is 1. The number of hydrogen-bond acceptors (Lipinski definition) is 7. The molecule has 1 fully saturated rings. The van der Waals surface area contributed by atoms with Crippen molar-refractivity contribution in [2.24, 2.45) is 5.92 Å². The lowest BCUT2D eigenvalue weighted by Gasteiger charge is -2.31. The Labute approximate surface area is 228 Å². The first-order valence-electron chi connectivity index (χ1n) is 13.4. The van der Waals surface area contributed by atoms with Gasteiger partial charge in [-0.05, 0) is 43.2 Å². The molecule has 2 heterocycles. The molecule has 2 N–H and O–H groups in total. The lowest BCUT2D eigenvalue weighted by molar-refractivity contribution is -0.151. The lowest BCUT2D eigenvalue weighted by Crippen LogP contribution is -2.52. The van der Waals surface area contributed by atoms with Crippen LogP contribution >= 0.6 is 0 Å². The average molecular weight is 534 g/mol. The van der Waals surface area contributed by atoms with Gasteiger partial charge in [-0.15, -0.1) is 0 Å². The van der Waals surface area contributed by atoms with Crippen molar-refractivity contribution >= 4 is 17.6 Å². The van der Waals surface area contributed by atoms with Crippen LogP contribution in [0, 0.1) is 5.92 Å². The van der Waals surface area contributed by atoms with Crippen molar-refractivity contribution in [1.82, 2.24) is 15.2 Å². The van der Waals surface area contributed by atoms with E-state index in [1.807, 2.05) is 60.7 Å². The summed E-state index contributed by atoms with van der Waals surface area (Å²) in [4.78, 5) is 45.5. The predicted octanol–water partition coefficient (Wildman–Crippen LogP) is 2.83. The summed E-state index contributed by atoms with van der Waals surface area (Å²) in [7, 11) is 0. The van der Waals surface area contributed by atoms with Crippen LogP contribution in [0.3, 0.4) is 0 Å². The molecule has 39 heavy (non-hydrogen) atoms. The molecule has 0 bridgehead atoms. The van der Waals surface area contributed by atoms with E-state index in [0.717, 1.165) is 11.1 Å². The fourth-order valence-electron chi connectivity index (χ4n) is 4.74. The highest BCUT2D eigenvalue weighted by Gasteiger charge is 2.37. The highest BCUT2D eigenvalue weighted by atomic mass is 16.5. The van der Waals surface area contributed by atoms with Crippen molar-refractivity contribution in [3.8, 4) is 0 Å². The van der Waals surface area contributed by atoms with Crippen LogP contribution in [0.4, 0.5) is 0 Å². The van der Waals surface area contributed by atoms with Gasteiger partial charge in [0.25, 0.3) is 11.8 Å². The molecular formula is C30H35N3O6. The largest absolute Gasteiger partial charge is 0.442 e. The topological polar surface area (TPSA) is 122 Å². The Bertz CT molecular complexity index is 1180. The van der Waals surface area contributed by atoms with Crippen molar-refractivity contribution in [3.63, 3.8) is 0 Å². The van der Waals surface area contributed by atoms with Gasteiger partial charge in [0, 0.05) is 13.1 Å². The summed E-state index contributed by atoms with van der Waals surface area (Å²) in [6, 6.07) is 18.5. The zero-order valence-electron chi connectivity index (χ0n) is 21.9. The molecule has 0 radical (unpaired) electrons. The molecule has 1 saturated heterocycles. The van der Waals surface area contributed by atoms with Crippen LogP contribution in [0.25, 0.3) is 0 Å². The second-order valence-electron chi connectivity index (χ2n) is 9.65. The fraction of sp³-hybridized carbons (Fsp3) is 0.400. The average Bonchev–Trinajstić information content (AvgIpc) is 3.53. The summed E-state index contributed by atoms with van der Waals surface area (Å²) in [5.74, 6) is -2.63. The van der Waals surface area contributed by atoms with Gasteiger partial charge in [-0.25, -0.2) is 4.98 Å². The first-order valence-corrected chi connectivity index (χ1v) is 13.4. The minimum absolute atomic E-state index is 0.0982. The van der Waals surface area contributed by atoms with Gasteiger partial charge in [0.15, 0.2) is 0 Å². The van der Waals surface area contributed by atoms with Gasteiger partial charge < -0.3 is 24.5 Å². The van der Waals surface area contributed by atoms with Crippen molar-refractivity contribution < 1.29 is 28.6 Å². The number of morpholine rings is 1. The molecule has 4 rings (SSSR count). The Morgan fingerprint density at radius 3 is 2.18 bits per heavy atom. The maximum atomic E-state index is 13.6. The molecule has 0 aliphatic carbocycles. The van der Waals surface area contributed by atoms with E-state index >= 15 is 0 Å². The first kappa shape index (κ1) is 28.2. The summed E-state index contributed by atoms with van der Waals surface area (Å²) >= 11 is 0. The summed E-state index contributed by atoms with van der Waals surface area (Å²) in [6.45, 7) is 1.48. The molecule has 1 aliphatic heterocycles. The van der Waals surface area contributed by atoms with E-state index in [1.165, 1.54) is 17.4 Å². The number of benzene rings is 2. The van der Waals surface area contributed by atoms with Gasteiger partial charge in [0.05, 0.1) is 31.4 Å². The van der Waals surface area contributed by atoms with E-state index in [2.05, 4.69) is 10.3 Å². The number of nitrogens with zero attached hydrogens (tertiary/aromatic N) is 2. The number of carbonyl (C=O) groups excluding carboxylic acids is 3. The van der Waals surface area contributed by atoms with E-state index in [0.29, 0.717) is 52.0 Å². The fourth-order valence-corrected chi connectivity index (χ4v) is 4.74. The molecule has 0 unspecified atom stereocenters. The van der Waals surface area contributed by atoms with Crippen molar-refractivity contribution in [1.29, 1.82) is 0 Å². The highest BCUT2D eigenvalue weighted by Crippen LogP contribution is 2.19. The number of ether oxygens (including phenoxy) is 1. The normalized spacial score (nSPS) is 15.8. The van der Waals surface area contributed by atoms with Crippen LogP contribution in [0.15, 0.2) is 77.5 Å². The Balaban J connectivity index is 1.49. The Kier molecular flexibility index (Phi) is 10.4. The molecule has 0 spiro atoms. The van der Waals surface area contributed by atoms with Gasteiger partial charge >= 0.3 is 0 Å². The number of hydrogen-bond donors (Lipinski definition) is 2. The summed E-state index contributed by atoms with van der Waals surface area (Å²) in [6.07, 6.45) is 3.53. The number of nitrogens with one attached hydrogen (secondary N) is 1. The minimum atomic E-state index is -1.54. The number of Topliss-reactive ketones (excluding diaryl/α,β-unsaturated/α-hetero) is 1. The van der Waals surface area contributed by atoms with Crippen LogP contribution < -0.4 is 5.32 Å². The van der Waals surface area contributed by atoms with Gasteiger partial charge in [-0.2, -0.15) is 0 Å². The van der Waals surface area contributed by atoms with E-state index < -0.39 is 35.7 Å². The molecule has 3 aromatic rings. The standard InChI is InChI=1S/C30H35N3O6/c34-26(30(37)33-17-20-38-21-18-33)24(13-7-12-22-8-3-1-4-9-22)28(36)32-25(27(35)29-31-16-19-39-29)15-14-23-10-5-2-6-11-23/h1-6,8-11,16,19,24-26,34H,7,12-15,17-18,20-21H2,(H,32,36)/t24-,25+,26+/m1/s1. The van der Waals surface area contributed by atoms with Crippen molar-refractivity contribution in [2.45, 2.75) is 44.2 Å². The van der Waals surface area contributed by atoms with Crippen molar-refractivity contribution in [2.75, 3.05) is 26.3 Å². The van der Waals surface area contributed by atoms with Crippen LogP contribution in [0.2, 0.25) is 0 Å². The molecule has 3 atom stereocenters. The number of aromatic nitrogens is 1. The number of carbonyl (C=O) groups is 3. The van der Waals surface area contributed by atoms with Crippen LogP contribution in [-0.4, -0.2) is 71.0 Å². The third-order valence-corrected chi connectivity index (χ3v) is 6.96. The molecule has 206 valence electrons. The minimum Gasteiger partial charge on any atom is -0.442 e. The number of oxazole rings is 1. The number of aryl methyl sites for hydroxylation is 2. The van der Waals surface area contributed by atoms with Crippen LogP contribution in [0.5, 0.6) is 0 Å².